The second kappa shape index (κ2) is 5.63. The number of fused-ring (bicyclic) bond motifs is 1. The van der Waals surface area contributed by atoms with Crippen molar-refractivity contribution in [1.82, 2.24) is 4.57 Å². The molecule has 1 atom stereocenters. The average molecular weight is 282 g/mol. The van der Waals surface area contributed by atoms with E-state index in [-0.39, 0.29) is 6.61 Å². The largest absolute Gasteiger partial charge is 0.464 e. The van der Waals surface area contributed by atoms with Crippen LogP contribution in [0, 0.1) is 0 Å². The van der Waals surface area contributed by atoms with Gasteiger partial charge in [-0.15, -0.1) is 0 Å². The number of hydrogen-bond donors (Lipinski definition) is 1. The zero-order chi connectivity index (χ0) is 14.0. The summed E-state index contributed by atoms with van der Waals surface area (Å²) in [5.74, 6) is -0.641. The molecule has 0 aliphatic carbocycles. The molecule has 1 N–H and O–H groups in total. The lowest BCUT2D eigenvalue weighted by Gasteiger charge is -2.08. The van der Waals surface area contributed by atoms with Gasteiger partial charge in [-0.1, -0.05) is 11.6 Å². The number of carbonyl (C=O) groups is 1. The molecule has 19 heavy (non-hydrogen) atoms. The minimum absolute atomic E-state index is 0.239. The molecular formula is C14H16ClNO3. The standard InChI is InChI=1S/C14H16ClNO3/c1-3-16-8-11(13(17)14(18)19-4-2)10-7-9(15)5-6-12(10)16/h5-8,13,17H,3-4H2,1-2H3. The minimum Gasteiger partial charge on any atom is -0.464 e. The Bertz CT molecular complexity index is 606. The van der Waals surface area contributed by atoms with Crippen LogP contribution in [-0.4, -0.2) is 22.2 Å². The van der Waals surface area contributed by atoms with Crippen molar-refractivity contribution in [3.05, 3.63) is 35.0 Å². The quantitative estimate of drug-likeness (QED) is 0.877. The number of aryl methyl sites for hydroxylation is 1. The number of benzene rings is 1. The van der Waals surface area contributed by atoms with E-state index in [0.29, 0.717) is 10.6 Å². The summed E-state index contributed by atoms with van der Waals surface area (Å²) in [7, 11) is 0. The Morgan fingerprint density at radius 2 is 2.21 bits per heavy atom. The molecule has 0 saturated carbocycles. The second-order valence-electron chi connectivity index (χ2n) is 4.19. The maximum absolute atomic E-state index is 11.7. The Kier molecular flexibility index (Phi) is 4.12. The second-order valence-corrected chi connectivity index (χ2v) is 4.62. The Morgan fingerprint density at radius 1 is 1.47 bits per heavy atom. The lowest BCUT2D eigenvalue weighted by molar-refractivity contribution is -0.153. The molecule has 2 aromatic rings. The van der Waals surface area contributed by atoms with Gasteiger partial charge in [-0.05, 0) is 32.0 Å². The molecule has 0 radical (unpaired) electrons. The molecule has 102 valence electrons. The SMILES string of the molecule is CCOC(=O)C(O)c1cn(CC)c2ccc(Cl)cc12. The Labute approximate surface area is 116 Å². The van der Waals surface area contributed by atoms with Crippen molar-refractivity contribution < 1.29 is 14.6 Å². The van der Waals surface area contributed by atoms with Crippen LogP contribution in [0.5, 0.6) is 0 Å². The molecule has 1 unspecified atom stereocenters. The van der Waals surface area contributed by atoms with Crippen LogP contribution < -0.4 is 0 Å². The summed E-state index contributed by atoms with van der Waals surface area (Å²) in [5.41, 5.74) is 1.46. The molecule has 0 saturated heterocycles. The number of esters is 1. The highest BCUT2D eigenvalue weighted by atomic mass is 35.5. The summed E-state index contributed by atoms with van der Waals surface area (Å²) in [6, 6.07) is 5.42. The van der Waals surface area contributed by atoms with Crippen LogP contribution in [0.2, 0.25) is 5.02 Å². The minimum atomic E-state index is -1.28. The number of nitrogens with zero attached hydrogens (tertiary/aromatic N) is 1. The molecule has 5 heteroatoms. The number of hydrogen-bond acceptors (Lipinski definition) is 3. The van der Waals surface area contributed by atoms with Gasteiger partial charge in [0, 0.05) is 34.2 Å². The number of ether oxygens (including phenoxy) is 1. The van der Waals surface area contributed by atoms with Crippen LogP contribution in [0.3, 0.4) is 0 Å². The summed E-state index contributed by atoms with van der Waals surface area (Å²) in [6.45, 7) is 4.68. The number of carbonyl (C=O) groups excluding carboxylic acids is 1. The van der Waals surface area contributed by atoms with E-state index in [4.69, 9.17) is 16.3 Å². The van der Waals surface area contributed by atoms with E-state index in [2.05, 4.69) is 0 Å². The van der Waals surface area contributed by atoms with E-state index in [9.17, 15) is 9.90 Å². The smallest absolute Gasteiger partial charge is 0.339 e. The first-order valence-corrected chi connectivity index (χ1v) is 6.59. The van der Waals surface area contributed by atoms with Crippen molar-refractivity contribution >= 4 is 28.5 Å². The highest BCUT2D eigenvalue weighted by molar-refractivity contribution is 6.31. The van der Waals surface area contributed by atoms with Crippen LogP contribution in [-0.2, 0) is 16.1 Å². The zero-order valence-electron chi connectivity index (χ0n) is 10.9. The van der Waals surface area contributed by atoms with Crippen molar-refractivity contribution in [3.63, 3.8) is 0 Å². The summed E-state index contributed by atoms with van der Waals surface area (Å²) in [5, 5.41) is 11.4. The van der Waals surface area contributed by atoms with E-state index < -0.39 is 12.1 Å². The highest BCUT2D eigenvalue weighted by Crippen LogP contribution is 2.29. The van der Waals surface area contributed by atoms with Gasteiger partial charge in [-0.2, -0.15) is 0 Å². The molecule has 4 nitrogen and oxygen atoms in total. The molecule has 0 bridgehead atoms. The molecule has 2 rings (SSSR count). The van der Waals surface area contributed by atoms with Crippen molar-refractivity contribution in [1.29, 1.82) is 0 Å². The van der Waals surface area contributed by atoms with Gasteiger partial charge >= 0.3 is 5.97 Å². The van der Waals surface area contributed by atoms with Gasteiger partial charge in [-0.3, -0.25) is 0 Å². The molecule has 0 fully saturated rings. The normalized spacial score (nSPS) is 12.6. The van der Waals surface area contributed by atoms with Crippen LogP contribution in [0.1, 0.15) is 25.5 Å². The van der Waals surface area contributed by atoms with Crippen LogP contribution in [0.4, 0.5) is 0 Å². The van der Waals surface area contributed by atoms with Gasteiger partial charge in [0.2, 0.25) is 0 Å². The van der Waals surface area contributed by atoms with Gasteiger partial charge in [0.05, 0.1) is 6.61 Å². The number of aromatic nitrogens is 1. The van der Waals surface area contributed by atoms with Crippen LogP contribution in [0.15, 0.2) is 24.4 Å². The monoisotopic (exact) mass is 281 g/mol. The third-order valence-electron chi connectivity index (χ3n) is 3.02. The van der Waals surface area contributed by atoms with Crippen LogP contribution >= 0.6 is 11.6 Å². The Balaban J connectivity index is 2.53. The number of halogens is 1. The topological polar surface area (TPSA) is 51.5 Å². The number of aliphatic hydroxyl groups excluding tert-OH is 1. The van der Waals surface area contributed by atoms with Crippen molar-refractivity contribution in [2.24, 2.45) is 0 Å². The van der Waals surface area contributed by atoms with Crippen LogP contribution in [0.25, 0.3) is 10.9 Å². The zero-order valence-corrected chi connectivity index (χ0v) is 11.6. The first-order chi connectivity index (χ1) is 9.08. The van der Waals surface area contributed by atoms with Gasteiger partial charge < -0.3 is 14.4 Å². The van der Waals surface area contributed by atoms with Crippen molar-refractivity contribution in [2.45, 2.75) is 26.5 Å². The lowest BCUT2D eigenvalue weighted by Crippen LogP contribution is -2.15. The van der Waals surface area contributed by atoms with Crippen molar-refractivity contribution in [3.8, 4) is 0 Å². The van der Waals surface area contributed by atoms with Gasteiger partial charge in [0.1, 0.15) is 0 Å². The fraction of sp³-hybridized carbons (Fsp3) is 0.357. The van der Waals surface area contributed by atoms with Gasteiger partial charge in [0.15, 0.2) is 6.10 Å². The summed E-state index contributed by atoms with van der Waals surface area (Å²) in [4.78, 5) is 11.7. The molecule has 0 aliphatic rings. The third kappa shape index (κ3) is 2.60. The van der Waals surface area contributed by atoms with E-state index in [1.54, 1.807) is 25.3 Å². The molecular weight excluding hydrogens is 266 g/mol. The predicted octanol–water partition coefficient (Wildman–Crippen LogP) is 2.91. The van der Waals surface area contributed by atoms with E-state index in [0.717, 1.165) is 17.4 Å². The average Bonchev–Trinajstić information content (AvgIpc) is 2.76. The van der Waals surface area contributed by atoms with E-state index in [1.165, 1.54) is 0 Å². The molecule has 1 heterocycles. The van der Waals surface area contributed by atoms with E-state index in [1.807, 2.05) is 17.6 Å². The van der Waals surface area contributed by atoms with Crippen molar-refractivity contribution in [2.75, 3.05) is 6.61 Å². The number of aliphatic hydroxyl groups is 1. The lowest BCUT2D eigenvalue weighted by atomic mass is 10.1. The van der Waals surface area contributed by atoms with Gasteiger partial charge in [0.25, 0.3) is 0 Å². The summed E-state index contributed by atoms with van der Waals surface area (Å²) >= 11 is 5.98. The fourth-order valence-corrected chi connectivity index (χ4v) is 2.30. The maximum Gasteiger partial charge on any atom is 0.339 e. The molecule has 0 spiro atoms. The Hall–Kier alpha value is -1.52. The maximum atomic E-state index is 11.7. The first kappa shape index (κ1) is 13.9. The fourth-order valence-electron chi connectivity index (χ4n) is 2.12. The summed E-state index contributed by atoms with van der Waals surface area (Å²) < 4.78 is 6.81. The molecule has 0 aliphatic heterocycles. The first-order valence-electron chi connectivity index (χ1n) is 6.21. The molecule has 1 aromatic heterocycles. The molecule has 0 amide bonds. The number of rotatable bonds is 4. The highest BCUT2D eigenvalue weighted by Gasteiger charge is 2.23. The predicted molar refractivity (Wildman–Crippen MR) is 74.2 cm³/mol. The van der Waals surface area contributed by atoms with Gasteiger partial charge in [-0.25, -0.2) is 4.79 Å². The Morgan fingerprint density at radius 3 is 2.84 bits per heavy atom. The van der Waals surface area contributed by atoms with E-state index >= 15 is 0 Å². The molecule has 1 aromatic carbocycles. The summed E-state index contributed by atoms with van der Waals surface area (Å²) in [6.07, 6.45) is 0.483. The third-order valence-corrected chi connectivity index (χ3v) is 3.25.